The number of aryl methyl sites for hydroxylation is 1. The number of hydrogen-bond acceptors (Lipinski definition) is 4. The van der Waals surface area contributed by atoms with Gasteiger partial charge in [0, 0.05) is 37.1 Å². The van der Waals surface area contributed by atoms with Crippen molar-refractivity contribution in [2.45, 2.75) is 44.6 Å². The van der Waals surface area contributed by atoms with Crippen molar-refractivity contribution in [1.29, 1.82) is 0 Å². The molecule has 1 saturated carbocycles. The molecule has 0 aromatic carbocycles. The summed E-state index contributed by atoms with van der Waals surface area (Å²) in [6.45, 7) is 6.20. The first-order chi connectivity index (χ1) is 11.2. The number of carbonyl (C=O) groups is 1. The Morgan fingerprint density at radius 3 is 2.65 bits per heavy atom. The van der Waals surface area contributed by atoms with Crippen LogP contribution in [0.5, 0.6) is 0 Å². The SMILES string of the molecule is Cc1ccc(C(=O)NCC2(N3CCOCC3)CCCCC2)cn1. The minimum absolute atomic E-state index is 0.0179. The van der Waals surface area contributed by atoms with Crippen molar-refractivity contribution < 1.29 is 9.53 Å². The predicted molar refractivity (Wildman–Crippen MR) is 89.5 cm³/mol. The molecule has 1 aliphatic carbocycles. The zero-order valence-corrected chi connectivity index (χ0v) is 14.0. The molecule has 3 rings (SSSR count). The van der Waals surface area contributed by atoms with E-state index in [2.05, 4.69) is 15.2 Å². The molecule has 0 unspecified atom stereocenters. The van der Waals surface area contributed by atoms with Crippen LogP contribution in [0, 0.1) is 6.92 Å². The number of morpholine rings is 1. The normalized spacial score (nSPS) is 21.8. The van der Waals surface area contributed by atoms with Crippen molar-refractivity contribution in [2.75, 3.05) is 32.8 Å². The summed E-state index contributed by atoms with van der Waals surface area (Å²) in [5.41, 5.74) is 1.68. The van der Waals surface area contributed by atoms with E-state index in [1.54, 1.807) is 6.20 Å². The largest absolute Gasteiger partial charge is 0.379 e. The molecule has 1 saturated heterocycles. The Bertz CT molecular complexity index is 518. The third-order valence-electron chi connectivity index (χ3n) is 5.22. The van der Waals surface area contributed by atoms with Gasteiger partial charge in [-0.3, -0.25) is 14.7 Å². The summed E-state index contributed by atoms with van der Waals surface area (Å²) in [5.74, 6) is -0.0179. The lowest BCUT2D eigenvalue weighted by Gasteiger charge is -2.48. The van der Waals surface area contributed by atoms with Crippen molar-refractivity contribution in [2.24, 2.45) is 0 Å². The van der Waals surface area contributed by atoms with Crippen molar-refractivity contribution in [1.82, 2.24) is 15.2 Å². The Morgan fingerprint density at radius 1 is 1.26 bits per heavy atom. The molecule has 0 atom stereocenters. The molecule has 2 fully saturated rings. The second kappa shape index (κ2) is 7.41. The molecule has 1 aliphatic heterocycles. The molecule has 23 heavy (non-hydrogen) atoms. The summed E-state index contributed by atoms with van der Waals surface area (Å²) in [6.07, 6.45) is 7.80. The highest BCUT2D eigenvalue weighted by atomic mass is 16.5. The molecule has 2 aliphatic rings. The fraction of sp³-hybridized carbons (Fsp3) is 0.667. The van der Waals surface area contributed by atoms with E-state index in [-0.39, 0.29) is 11.4 Å². The Balaban J connectivity index is 1.66. The highest BCUT2D eigenvalue weighted by Gasteiger charge is 2.38. The highest BCUT2D eigenvalue weighted by molar-refractivity contribution is 5.93. The number of amides is 1. The van der Waals surface area contributed by atoms with Gasteiger partial charge in [-0.1, -0.05) is 19.3 Å². The summed E-state index contributed by atoms with van der Waals surface area (Å²) >= 11 is 0. The van der Waals surface area contributed by atoms with Gasteiger partial charge >= 0.3 is 0 Å². The van der Waals surface area contributed by atoms with Gasteiger partial charge in [0.05, 0.1) is 18.8 Å². The van der Waals surface area contributed by atoms with Crippen LogP contribution in [0.4, 0.5) is 0 Å². The maximum atomic E-state index is 12.4. The number of nitrogens with one attached hydrogen (secondary N) is 1. The fourth-order valence-electron chi connectivity index (χ4n) is 3.80. The van der Waals surface area contributed by atoms with Crippen LogP contribution in [0.2, 0.25) is 0 Å². The number of nitrogens with zero attached hydrogens (tertiary/aromatic N) is 2. The van der Waals surface area contributed by atoms with Gasteiger partial charge in [0.2, 0.25) is 0 Å². The predicted octanol–water partition coefficient (Wildman–Crippen LogP) is 2.15. The standard InChI is InChI=1S/C18H27N3O2/c1-15-5-6-16(13-19-15)17(22)20-14-18(7-3-2-4-8-18)21-9-11-23-12-10-21/h5-6,13H,2-4,7-12,14H2,1H3,(H,20,22). The van der Waals surface area contributed by atoms with Crippen molar-refractivity contribution >= 4 is 5.91 Å². The van der Waals surface area contributed by atoms with Crippen molar-refractivity contribution in [3.05, 3.63) is 29.6 Å². The van der Waals surface area contributed by atoms with Gasteiger partial charge in [-0.25, -0.2) is 0 Å². The van der Waals surface area contributed by atoms with Gasteiger partial charge in [0.15, 0.2) is 0 Å². The van der Waals surface area contributed by atoms with Crippen LogP contribution in [0.3, 0.4) is 0 Å². The zero-order chi connectivity index (χ0) is 16.1. The molecular formula is C18H27N3O2. The van der Waals surface area contributed by atoms with Crippen LogP contribution in [0.1, 0.15) is 48.2 Å². The molecule has 5 heteroatoms. The number of rotatable bonds is 4. The van der Waals surface area contributed by atoms with Crippen molar-refractivity contribution in [3.8, 4) is 0 Å². The number of hydrogen-bond donors (Lipinski definition) is 1. The van der Waals surface area contributed by atoms with Gasteiger partial charge in [-0.05, 0) is 31.9 Å². The lowest BCUT2D eigenvalue weighted by Crippen LogP contribution is -2.59. The third-order valence-corrected chi connectivity index (χ3v) is 5.22. The Hall–Kier alpha value is -1.46. The van der Waals surface area contributed by atoms with E-state index in [0.717, 1.165) is 38.5 Å². The first kappa shape index (κ1) is 16.4. The number of aromatic nitrogens is 1. The van der Waals surface area contributed by atoms with Crippen molar-refractivity contribution in [3.63, 3.8) is 0 Å². The molecule has 5 nitrogen and oxygen atoms in total. The van der Waals surface area contributed by atoms with Gasteiger partial charge < -0.3 is 10.1 Å². The summed E-state index contributed by atoms with van der Waals surface area (Å²) in [6, 6.07) is 3.73. The van der Waals surface area contributed by atoms with E-state index in [0.29, 0.717) is 5.56 Å². The van der Waals surface area contributed by atoms with Gasteiger partial charge in [0.25, 0.3) is 5.91 Å². The van der Waals surface area contributed by atoms with Gasteiger partial charge in [0.1, 0.15) is 0 Å². The molecule has 2 heterocycles. The van der Waals surface area contributed by atoms with E-state index < -0.39 is 0 Å². The van der Waals surface area contributed by atoms with Gasteiger partial charge in [-0.15, -0.1) is 0 Å². The maximum absolute atomic E-state index is 12.4. The summed E-state index contributed by atoms with van der Waals surface area (Å²) in [5, 5.41) is 3.16. The van der Waals surface area contributed by atoms with E-state index >= 15 is 0 Å². The first-order valence-corrected chi connectivity index (χ1v) is 8.73. The van der Waals surface area contributed by atoms with Gasteiger partial charge in [-0.2, -0.15) is 0 Å². The number of ether oxygens (including phenoxy) is 1. The Labute approximate surface area is 138 Å². The summed E-state index contributed by atoms with van der Waals surface area (Å²) in [7, 11) is 0. The zero-order valence-electron chi connectivity index (χ0n) is 14.0. The Kier molecular flexibility index (Phi) is 5.28. The average molecular weight is 317 g/mol. The monoisotopic (exact) mass is 317 g/mol. The molecule has 0 spiro atoms. The molecular weight excluding hydrogens is 290 g/mol. The van der Waals surface area contributed by atoms with E-state index in [4.69, 9.17) is 4.74 Å². The summed E-state index contributed by atoms with van der Waals surface area (Å²) < 4.78 is 5.50. The number of carbonyl (C=O) groups excluding carboxylic acids is 1. The summed E-state index contributed by atoms with van der Waals surface area (Å²) in [4.78, 5) is 19.2. The second-order valence-electron chi connectivity index (χ2n) is 6.76. The van der Waals surface area contributed by atoms with Crippen LogP contribution < -0.4 is 5.32 Å². The second-order valence-corrected chi connectivity index (χ2v) is 6.76. The fourth-order valence-corrected chi connectivity index (χ4v) is 3.80. The molecule has 1 aromatic heterocycles. The van der Waals surface area contributed by atoms with Crippen LogP contribution in [-0.4, -0.2) is 54.2 Å². The quantitative estimate of drug-likeness (QED) is 0.924. The number of pyridine rings is 1. The minimum Gasteiger partial charge on any atom is -0.379 e. The smallest absolute Gasteiger partial charge is 0.252 e. The average Bonchev–Trinajstić information content (AvgIpc) is 2.62. The third kappa shape index (κ3) is 3.90. The molecule has 1 aromatic rings. The highest BCUT2D eigenvalue weighted by Crippen LogP contribution is 2.33. The maximum Gasteiger partial charge on any atom is 0.252 e. The minimum atomic E-state index is -0.0179. The topological polar surface area (TPSA) is 54.5 Å². The van der Waals surface area contributed by atoms with E-state index in [9.17, 15) is 4.79 Å². The van der Waals surface area contributed by atoms with Crippen LogP contribution in [0.25, 0.3) is 0 Å². The molecule has 126 valence electrons. The molecule has 0 bridgehead atoms. The van der Waals surface area contributed by atoms with E-state index in [1.165, 1.54) is 32.1 Å². The molecule has 1 N–H and O–H groups in total. The first-order valence-electron chi connectivity index (χ1n) is 8.73. The van der Waals surface area contributed by atoms with Crippen LogP contribution in [-0.2, 0) is 4.74 Å². The molecule has 1 amide bonds. The lowest BCUT2D eigenvalue weighted by molar-refractivity contribution is -0.0361. The Morgan fingerprint density at radius 2 is 2.00 bits per heavy atom. The lowest BCUT2D eigenvalue weighted by atomic mass is 9.79. The van der Waals surface area contributed by atoms with Crippen LogP contribution >= 0.6 is 0 Å². The molecule has 0 radical (unpaired) electrons. The van der Waals surface area contributed by atoms with Crippen LogP contribution in [0.15, 0.2) is 18.3 Å². The van der Waals surface area contributed by atoms with E-state index in [1.807, 2.05) is 19.1 Å².